The van der Waals surface area contributed by atoms with E-state index in [1.165, 1.54) is 81.3 Å². The van der Waals surface area contributed by atoms with Crippen LogP contribution in [0.4, 0.5) is 0 Å². The van der Waals surface area contributed by atoms with Crippen LogP contribution in [0.3, 0.4) is 0 Å². The Morgan fingerprint density at radius 2 is 1.24 bits per heavy atom. The van der Waals surface area contributed by atoms with Gasteiger partial charge < -0.3 is 9.80 Å². The number of amides is 1. The highest BCUT2D eigenvalue weighted by Gasteiger charge is 2.70. The van der Waals surface area contributed by atoms with E-state index in [0.29, 0.717) is 17.2 Å². The summed E-state index contributed by atoms with van der Waals surface area (Å²) >= 11 is 0. The van der Waals surface area contributed by atoms with Crippen molar-refractivity contribution in [2.45, 2.75) is 89.9 Å². The third kappa shape index (κ3) is 6.46. The fraction of sp³-hybridized carbons (Fsp3) is 0.575. The van der Waals surface area contributed by atoms with Crippen molar-refractivity contribution in [1.29, 1.82) is 0 Å². The van der Waals surface area contributed by atoms with Gasteiger partial charge in [0.15, 0.2) is 0 Å². The van der Waals surface area contributed by atoms with E-state index in [0.717, 1.165) is 48.3 Å². The number of nitrogens with zero attached hydrogens (tertiary/aromatic N) is 6. The van der Waals surface area contributed by atoms with E-state index < -0.39 is 0 Å². The molecule has 2 aliphatic carbocycles. The van der Waals surface area contributed by atoms with Crippen LogP contribution in [0.1, 0.15) is 90.2 Å². The fourth-order valence-electron chi connectivity index (χ4n) is 9.22. The molecule has 0 bridgehead atoms. The number of unbranched alkanes of at least 4 members (excludes halogenated alkanes) is 6. The molecule has 1 amide bonds. The van der Waals surface area contributed by atoms with Gasteiger partial charge in [0.1, 0.15) is 11.4 Å². The molecule has 4 fully saturated rings. The Hall–Kier alpha value is -3.85. The summed E-state index contributed by atoms with van der Waals surface area (Å²) in [5, 5.41) is 21.6. The second-order valence-corrected chi connectivity index (χ2v) is 15.4. The summed E-state index contributed by atoms with van der Waals surface area (Å²) in [6.07, 6.45) is 13.9. The molecule has 8 rings (SSSR count). The zero-order valence-electron chi connectivity index (χ0n) is 29.9. The van der Waals surface area contributed by atoms with E-state index in [1.54, 1.807) is 12.4 Å². The molecule has 4 aromatic rings. The molecule has 5 unspecified atom stereocenters. The Morgan fingerprint density at radius 3 is 1.73 bits per heavy atom. The second-order valence-electron chi connectivity index (χ2n) is 15.4. The van der Waals surface area contributed by atoms with E-state index >= 15 is 0 Å². The summed E-state index contributed by atoms with van der Waals surface area (Å²) in [7, 11) is 0. The molecule has 9 nitrogen and oxygen atoms in total. The predicted molar refractivity (Wildman–Crippen MR) is 194 cm³/mol. The lowest BCUT2D eigenvalue weighted by atomic mass is 9.90. The first kappa shape index (κ1) is 33.6. The number of aromatic amines is 2. The Balaban J connectivity index is 0.000000154. The van der Waals surface area contributed by atoms with Gasteiger partial charge in [0.25, 0.3) is 0 Å². The van der Waals surface area contributed by atoms with Gasteiger partial charge in [0.2, 0.25) is 5.91 Å². The number of carbonyl (C=O) groups is 1. The monoisotopic (exact) mass is 662 g/mol. The number of aromatic nitrogens is 6. The molecule has 260 valence electrons. The highest BCUT2D eigenvalue weighted by Crippen LogP contribution is 2.64. The molecule has 2 N–H and O–H groups in total. The average molecular weight is 663 g/mol. The van der Waals surface area contributed by atoms with E-state index in [1.807, 2.05) is 6.07 Å². The van der Waals surface area contributed by atoms with Crippen molar-refractivity contribution < 1.29 is 4.79 Å². The van der Waals surface area contributed by atoms with Crippen LogP contribution in [0.15, 0.2) is 60.9 Å². The van der Waals surface area contributed by atoms with Crippen molar-refractivity contribution in [2.75, 3.05) is 32.7 Å². The van der Waals surface area contributed by atoms with Crippen molar-refractivity contribution >= 4 is 5.91 Å². The summed E-state index contributed by atoms with van der Waals surface area (Å²) in [6.45, 7) is 14.9. The van der Waals surface area contributed by atoms with E-state index in [9.17, 15) is 4.79 Å². The fourth-order valence-corrected chi connectivity index (χ4v) is 9.22. The molecule has 9 heteroatoms. The summed E-state index contributed by atoms with van der Waals surface area (Å²) in [6, 6.07) is 17.4. The maximum absolute atomic E-state index is 12.8. The van der Waals surface area contributed by atoms with Gasteiger partial charge in [-0.3, -0.25) is 4.79 Å². The Morgan fingerprint density at radius 1 is 0.694 bits per heavy atom. The summed E-state index contributed by atoms with van der Waals surface area (Å²) in [4.78, 5) is 17.6. The van der Waals surface area contributed by atoms with Gasteiger partial charge in [-0.1, -0.05) is 103 Å². The molecule has 2 aromatic heterocycles. The van der Waals surface area contributed by atoms with E-state index in [-0.39, 0.29) is 11.3 Å². The zero-order chi connectivity index (χ0) is 34.0. The largest absolute Gasteiger partial charge is 0.342 e. The van der Waals surface area contributed by atoms with Gasteiger partial charge in [-0.2, -0.15) is 30.8 Å². The van der Waals surface area contributed by atoms with Crippen LogP contribution < -0.4 is 0 Å². The van der Waals surface area contributed by atoms with Crippen LogP contribution >= 0.6 is 0 Å². The summed E-state index contributed by atoms with van der Waals surface area (Å²) in [5.74, 6) is 2.63. The molecular formula is C40H54N8O. The molecule has 2 aliphatic heterocycles. The first-order valence-electron chi connectivity index (χ1n) is 18.8. The van der Waals surface area contributed by atoms with Gasteiger partial charge in [-0.25, -0.2) is 0 Å². The third-order valence-electron chi connectivity index (χ3n) is 12.5. The number of hydrogen-bond acceptors (Lipinski definition) is 6. The molecule has 4 heterocycles. The molecule has 0 radical (unpaired) electrons. The standard InChI is InChI=1S/C20H26N4O.C20H28N4/c1-3-4-5-6-10-24-13-16-18(19(24)25)20(16,2)15-9-7-8-14(11-15)17-12-21-23-22-17;1-3-4-5-6-10-24-13-17-18(14-24)20(17,2)16-9-7-8-15(11-16)19-12-21-23-22-19/h7-9,11-12,16,18H,3-6,10,13H2,1-2H3,(H,21,22,23);7-9,11-12,17-18H,3-6,10,13-14H2,1-2H3,(H,21,22,23). The zero-order valence-corrected chi connectivity index (χ0v) is 29.9. The van der Waals surface area contributed by atoms with Crippen LogP contribution in [0, 0.1) is 23.7 Å². The number of likely N-dealkylation sites (tertiary alicyclic amines) is 2. The third-order valence-corrected chi connectivity index (χ3v) is 12.5. The first-order chi connectivity index (χ1) is 23.9. The Labute approximate surface area is 291 Å². The van der Waals surface area contributed by atoms with Gasteiger partial charge in [0.05, 0.1) is 18.3 Å². The van der Waals surface area contributed by atoms with Crippen LogP contribution in [0.2, 0.25) is 0 Å². The first-order valence-corrected chi connectivity index (χ1v) is 18.8. The molecule has 2 saturated heterocycles. The number of benzene rings is 2. The summed E-state index contributed by atoms with van der Waals surface area (Å²) < 4.78 is 0. The van der Waals surface area contributed by atoms with E-state index in [2.05, 4.69) is 111 Å². The second kappa shape index (κ2) is 14.2. The van der Waals surface area contributed by atoms with Crippen LogP contribution in [-0.4, -0.2) is 79.3 Å². The molecule has 2 aromatic carbocycles. The van der Waals surface area contributed by atoms with Gasteiger partial charge in [-0.15, -0.1) is 0 Å². The SMILES string of the molecule is CCCCCCN1CC2C(C1)C2(C)c1cccc(-c2cn[nH]n2)c1.CCCCCCN1CC2C(C1=O)C2(C)c1cccc(-c2cn[nH]n2)c1. The normalized spacial score (nSPS) is 28.2. The van der Waals surface area contributed by atoms with Gasteiger partial charge >= 0.3 is 0 Å². The minimum absolute atomic E-state index is 0.0171. The molecule has 0 spiro atoms. The highest BCUT2D eigenvalue weighted by molar-refractivity contribution is 5.88. The number of fused-ring (bicyclic) bond motifs is 2. The maximum atomic E-state index is 12.8. The number of H-pyrrole nitrogens is 2. The van der Waals surface area contributed by atoms with Crippen molar-refractivity contribution in [1.82, 2.24) is 40.6 Å². The van der Waals surface area contributed by atoms with Crippen LogP contribution in [0.5, 0.6) is 0 Å². The van der Waals surface area contributed by atoms with Gasteiger partial charge in [0, 0.05) is 48.1 Å². The van der Waals surface area contributed by atoms with Crippen molar-refractivity contribution in [2.24, 2.45) is 23.7 Å². The van der Waals surface area contributed by atoms with Crippen LogP contribution in [0.25, 0.3) is 22.5 Å². The maximum Gasteiger partial charge on any atom is 0.226 e. The van der Waals surface area contributed by atoms with Crippen molar-refractivity contribution in [3.63, 3.8) is 0 Å². The number of piperidine rings is 2. The van der Waals surface area contributed by atoms with E-state index in [4.69, 9.17) is 0 Å². The lowest BCUT2D eigenvalue weighted by Gasteiger charge is -2.25. The Kier molecular flexibility index (Phi) is 9.73. The minimum Gasteiger partial charge on any atom is -0.342 e. The predicted octanol–water partition coefficient (Wildman–Crippen LogP) is 7.27. The van der Waals surface area contributed by atoms with Gasteiger partial charge in [-0.05, 0) is 60.4 Å². The summed E-state index contributed by atoms with van der Waals surface area (Å²) in [5.41, 5.74) is 7.08. The van der Waals surface area contributed by atoms with Crippen LogP contribution in [-0.2, 0) is 15.6 Å². The average Bonchev–Trinajstić information content (AvgIpc) is 3.67. The Bertz CT molecular complexity index is 1670. The molecule has 5 atom stereocenters. The number of hydrogen-bond donors (Lipinski definition) is 2. The number of rotatable bonds is 14. The number of carbonyl (C=O) groups excluding carboxylic acids is 1. The van der Waals surface area contributed by atoms with Crippen molar-refractivity contribution in [3.05, 3.63) is 72.1 Å². The molecule has 49 heavy (non-hydrogen) atoms. The lowest BCUT2D eigenvalue weighted by molar-refractivity contribution is -0.130. The molecular weight excluding hydrogens is 608 g/mol. The quantitative estimate of drug-likeness (QED) is 0.138. The lowest BCUT2D eigenvalue weighted by Crippen LogP contribution is -2.34. The minimum atomic E-state index is -0.0171. The molecule has 4 aliphatic rings. The molecule has 2 saturated carbocycles. The smallest absolute Gasteiger partial charge is 0.226 e. The highest BCUT2D eigenvalue weighted by atomic mass is 16.2. The number of nitrogens with one attached hydrogen (secondary N) is 2. The van der Waals surface area contributed by atoms with Crippen molar-refractivity contribution in [3.8, 4) is 22.5 Å². The topological polar surface area (TPSA) is 107 Å².